The molecule has 1 N–H and O–H groups in total. The lowest BCUT2D eigenvalue weighted by atomic mass is 10.0. The summed E-state index contributed by atoms with van der Waals surface area (Å²) in [7, 11) is 0. The average Bonchev–Trinajstić information content (AvgIpc) is 2.79. The van der Waals surface area contributed by atoms with Crippen molar-refractivity contribution in [2.24, 2.45) is 0 Å². The Morgan fingerprint density at radius 3 is 2.84 bits per heavy atom. The van der Waals surface area contributed by atoms with E-state index in [4.69, 9.17) is 11.6 Å². The van der Waals surface area contributed by atoms with Crippen LogP contribution in [0, 0.1) is 12.7 Å². The van der Waals surface area contributed by atoms with E-state index in [1.165, 1.54) is 6.07 Å². The molecule has 0 fully saturated rings. The molecule has 19 heavy (non-hydrogen) atoms. The van der Waals surface area contributed by atoms with Gasteiger partial charge in [-0.15, -0.1) is 11.3 Å². The van der Waals surface area contributed by atoms with Crippen LogP contribution in [-0.2, 0) is 6.42 Å². The first-order valence-electron chi connectivity index (χ1n) is 6.20. The molecule has 2 rings (SSSR count). The van der Waals surface area contributed by atoms with Crippen LogP contribution in [0.1, 0.15) is 29.2 Å². The van der Waals surface area contributed by atoms with Crippen LogP contribution >= 0.6 is 22.9 Å². The van der Waals surface area contributed by atoms with Crippen molar-refractivity contribution in [3.05, 3.63) is 50.7 Å². The van der Waals surface area contributed by atoms with Gasteiger partial charge in [-0.1, -0.05) is 24.6 Å². The van der Waals surface area contributed by atoms with Gasteiger partial charge in [0, 0.05) is 16.0 Å². The molecule has 0 bridgehead atoms. The highest BCUT2D eigenvalue weighted by molar-refractivity contribution is 7.09. The van der Waals surface area contributed by atoms with E-state index in [0.717, 1.165) is 17.2 Å². The first-order chi connectivity index (χ1) is 9.11. The van der Waals surface area contributed by atoms with Gasteiger partial charge < -0.3 is 5.32 Å². The molecular formula is C14H16ClFN2S. The monoisotopic (exact) mass is 298 g/mol. The highest BCUT2D eigenvalue weighted by Crippen LogP contribution is 2.26. The van der Waals surface area contributed by atoms with Gasteiger partial charge in [-0.25, -0.2) is 9.37 Å². The van der Waals surface area contributed by atoms with Crippen molar-refractivity contribution in [2.75, 3.05) is 6.54 Å². The molecule has 1 atom stereocenters. The second kappa shape index (κ2) is 6.46. The number of hydrogen-bond acceptors (Lipinski definition) is 3. The van der Waals surface area contributed by atoms with E-state index in [1.54, 1.807) is 23.5 Å². The summed E-state index contributed by atoms with van der Waals surface area (Å²) in [5.41, 5.74) is 1.49. The van der Waals surface area contributed by atoms with Crippen molar-refractivity contribution >= 4 is 22.9 Å². The van der Waals surface area contributed by atoms with Crippen molar-refractivity contribution in [3.63, 3.8) is 0 Å². The molecule has 2 nitrogen and oxygen atoms in total. The van der Waals surface area contributed by atoms with E-state index in [1.807, 2.05) is 19.2 Å². The minimum absolute atomic E-state index is 0.00986. The number of nitrogens with zero attached hydrogens (tertiary/aromatic N) is 1. The van der Waals surface area contributed by atoms with E-state index in [2.05, 4.69) is 10.3 Å². The van der Waals surface area contributed by atoms with Gasteiger partial charge in [0.2, 0.25) is 0 Å². The Labute approximate surface area is 121 Å². The van der Waals surface area contributed by atoms with Crippen LogP contribution in [0.15, 0.2) is 23.6 Å². The lowest BCUT2D eigenvalue weighted by Gasteiger charge is -2.17. The van der Waals surface area contributed by atoms with Crippen molar-refractivity contribution in [1.82, 2.24) is 10.3 Å². The van der Waals surface area contributed by atoms with E-state index < -0.39 is 0 Å². The normalized spacial score (nSPS) is 12.6. The number of thiazole rings is 1. The number of likely N-dealkylation sites (N-methyl/N-ethyl adjacent to an activating group) is 1. The van der Waals surface area contributed by atoms with E-state index in [0.29, 0.717) is 17.0 Å². The average molecular weight is 299 g/mol. The fraction of sp³-hybridized carbons (Fsp3) is 0.357. The fourth-order valence-electron chi connectivity index (χ4n) is 2.00. The van der Waals surface area contributed by atoms with Gasteiger partial charge in [0.25, 0.3) is 0 Å². The predicted molar refractivity (Wildman–Crippen MR) is 78.4 cm³/mol. The van der Waals surface area contributed by atoms with Crippen LogP contribution in [0.25, 0.3) is 0 Å². The largest absolute Gasteiger partial charge is 0.309 e. The van der Waals surface area contributed by atoms with Crippen LogP contribution in [0.4, 0.5) is 4.39 Å². The Kier molecular flexibility index (Phi) is 4.91. The maximum absolute atomic E-state index is 13.8. The van der Waals surface area contributed by atoms with E-state index in [9.17, 15) is 4.39 Å². The first-order valence-corrected chi connectivity index (χ1v) is 7.46. The number of aryl methyl sites for hydroxylation is 1. The van der Waals surface area contributed by atoms with Crippen LogP contribution in [0.2, 0.25) is 5.02 Å². The van der Waals surface area contributed by atoms with Crippen LogP contribution < -0.4 is 5.32 Å². The summed E-state index contributed by atoms with van der Waals surface area (Å²) in [6.07, 6.45) is 0.503. The number of hydrogen-bond donors (Lipinski definition) is 1. The summed E-state index contributed by atoms with van der Waals surface area (Å²) < 4.78 is 13.8. The van der Waals surface area contributed by atoms with Gasteiger partial charge in [-0.2, -0.15) is 0 Å². The SMILES string of the molecule is CCNC(Cc1c(F)cccc1Cl)c1csc(C)n1. The molecule has 5 heteroatoms. The quantitative estimate of drug-likeness (QED) is 0.897. The van der Waals surface area contributed by atoms with Crippen molar-refractivity contribution in [1.29, 1.82) is 0 Å². The van der Waals surface area contributed by atoms with Gasteiger partial charge in [0.15, 0.2) is 0 Å². The summed E-state index contributed by atoms with van der Waals surface area (Å²) in [5, 5.41) is 6.82. The molecule has 0 aliphatic carbocycles. The summed E-state index contributed by atoms with van der Waals surface area (Å²) in [6.45, 7) is 4.79. The Balaban J connectivity index is 2.26. The van der Waals surface area contributed by atoms with Crippen molar-refractivity contribution in [3.8, 4) is 0 Å². The molecule has 0 radical (unpaired) electrons. The van der Waals surface area contributed by atoms with E-state index in [-0.39, 0.29) is 11.9 Å². The topological polar surface area (TPSA) is 24.9 Å². The zero-order valence-electron chi connectivity index (χ0n) is 10.9. The highest BCUT2D eigenvalue weighted by atomic mass is 35.5. The number of rotatable bonds is 5. The van der Waals surface area contributed by atoms with Gasteiger partial charge in [-0.3, -0.25) is 0 Å². The molecule has 2 aromatic rings. The molecule has 1 aromatic heterocycles. The third kappa shape index (κ3) is 3.53. The minimum atomic E-state index is -0.262. The Morgan fingerprint density at radius 2 is 2.26 bits per heavy atom. The molecule has 0 aliphatic rings. The molecule has 0 saturated carbocycles. The number of benzene rings is 1. The van der Waals surface area contributed by atoms with Crippen LogP contribution in [0.3, 0.4) is 0 Å². The lowest BCUT2D eigenvalue weighted by Crippen LogP contribution is -2.23. The van der Waals surface area contributed by atoms with Gasteiger partial charge >= 0.3 is 0 Å². The molecule has 1 unspecified atom stereocenters. The molecule has 0 spiro atoms. The summed E-state index contributed by atoms with van der Waals surface area (Å²) in [6, 6.07) is 4.77. The Bertz CT molecular complexity index is 536. The minimum Gasteiger partial charge on any atom is -0.309 e. The van der Waals surface area contributed by atoms with Gasteiger partial charge in [-0.05, 0) is 32.0 Å². The maximum atomic E-state index is 13.8. The number of aromatic nitrogens is 1. The molecule has 102 valence electrons. The molecule has 0 aliphatic heterocycles. The summed E-state index contributed by atoms with van der Waals surface area (Å²) in [4.78, 5) is 4.48. The predicted octanol–water partition coefficient (Wildman–Crippen LogP) is 4.14. The third-order valence-corrected chi connectivity index (χ3v) is 4.06. The summed E-state index contributed by atoms with van der Waals surface area (Å²) in [5.74, 6) is -0.262. The molecule has 0 saturated heterocycles. The van der Waals surface area contributed by atoms with Crippen molar-refractivity contribution < 1.29 is 4.39 Å². The smallest absolute Gasteiger partial charge is 0.127 e. The Morgan fingerprint density at radius 1 is 1.47 bits per heavy atom. The molecule has 1 aromatic carbocycles. The zero-order chi connectivity index (χ0) is 13.8. The third-order valence-electron chi connectivity index (χ3n) is 2.91. The highest BCUT2D eigenvalue weighted by Gasteiger charge is 2.18. The maximum Gasteiger partial charge on any atom is 0.127 e. The van der Waals surface area contributed by atoms with Crippen LogP contribution in [-0.4, -0.2) is 11.5 Å². The first kappa shape index (κ1) is 14.4. The second-order valence-electron chi connectivity index (χ2n) is 4.31. The molecule has 1 heterocycles. The zero-order valence-corrected chi connectivity index (χ0v) is 12.5. The van der Waals surface area contributed by atoms with Gasteiger partial charge in [0.1, 0.15) is 5.82 Å². The van der Waals surface area contributed by atoms with Gasteiger partial charge in [0.05, 0.1) is 16.7 Å². The Hall–Kier alpha value is -0.970. The number of nitrogens with one attached hydrogen (secondary N) is 1. The van der Waals surface area contributed by atoms with E-state index >= 15 is 0 Å². The summed E-state index contributed by atoms with van der Waals surface area (Å²) >= 11 is 7.68. The lowest BCUT2D eigenvalue weighted by molar-refractivity contribution is 0.519. The van der Waals surface area contributed by atoms with Crippen LogP contribution in [0.5, 0.6) is 0 Å². The molecule has 0 amide bonds. The molecular weight excluding hydrogens is 283 g/mol. The fourth-order valence-corrected chi connectivity index (χ4v) is 2.91. The van der Waals surface area contributed by atoms with Crippen molar-refractivity contribution in [2.45, 2.75) is 26.3 Å². The standard InChI is InChI=1S/C14H16ClFN2S/c1-3-17-13(14-8-19-9(2)18-14)7-10-11(15)5-4-6-12(10)16/h4-6,8,13,17H,3,7H2,1-2H3. The second-order valence-corrected chi connectivity index (χ2v) is 5.78. The number of halogens is 2.